The lowest BCUT2D eigenvalue weighted by Gasteiger charge is -2.22. The van der Waals surface area contributed by atoms with E-state index in [2.05, 4.69) is 37.7 Å². The summed E-state index contributed by atoms with van der Waals surface area (Å²) in [4.78, 5) is 0. The Kier molecular flexibility index (Phi) is 9.63. The van der Waals surface area contributed by atoms with Gasteiger partial charge in [0.15, 0.2) is 0 Å². The molecule has 0 spiro atoms. The fraction of sp³-hybridized carbons (Fsp3) is 1.00. The van der Waals surface area contributed by atoms with Crippen molar-refractivity contribution in [3.63, 3.8) is 0 Å². The van der Waals surface area contributed by atoms with Gasteiger partial charge in [-0.2, -0.15) is 17.4 Å². The van der Waals surface area contributed by atoms with Gasteiger partial charge in [-0.1, -0.05) is 34.1 Å². The third kappa shape index (κ3) is 8.89. The Morgan fingerprint density at radius 2 is 1.75 bits per heavy atom. The second kappa shape index (κ2) is 9.71. The third-order valence-electron chi connectivity index (χ3n) is 3.42. The largest absolute Gasteiger partial charge is 0.314 e. The van der Waals surface area contributed by atoms with E-state index < -0.39 is 10.2 Å². The molecule has 0 radical (unpaired) electrons. The molecule has 0 saturated heterocycles. The minimum absolute atomic E-state index is 0.0220. The van der Waals surface area contributed by atoms with Crippen LogP contribution in [0.4, 0.5) is 0 Å². The molecule has 2 atom stereocenters. The molecule has 2 unspecified atom stereocenters. The number of hydrogen-bond acceptors (Lipinski definition) is 3. The first-order chi connectivity index (χ1) is 9.19. The van der Waals surface area contributed by atoms with Gasteiger partial charge in [-0.05, 0) is 32.2 Å². The maximum atomic E-state index is 12.1. The SMILES string of the molecule is CCC(C)CC(C)NS(=O)(=O)N(C)CCCNC(C)C. The average molecular weight is 308 g/mol. The van der Waals surface area contributed by atoms with Crippen molar-refractivity contribution in [1.29, 1.82) is 0 Å². The van der Waals surface area contributed by atoms with E-state index in [9.17, 15) is 8.42 Å². The summed E-state index contributed by atoms with van der Waals surface area (Å²) in [5.41, 5.74) is 0. The standard InChI is InChI=1S/C14H33N3O2S/c1-7-13(4)11-14(5)16-20(18,19)17(6)10-8-9-15-12(2)3/h12-16H,7-11H2,1-6H3. The van der Waals surface area contributed by atoms with Crippen molar-refractivity contribution in [2.24, 2.45) is 5.92 Å². The maximum Gasteiger partial charge on any atom is 0.279 e. The van der Waals surface area contributed by atoms with Crippen LogP contribution < -0.4 is 10.0 Å². The van der Waals surface area contributed by atoms with Crippen LogP contribution in [0.5, 0.6) is 0 Å². The minimum atomic E-state index is -3.36. The highest BCUT2D eigenvalue weighted by Gasteiger charge is 2.20. The van der Waals surface area contributed by atoms with Gasteiger partial charge in [0.2, 0.25) is 0 Å². The van der Waals surface area contributed by atoms with Gasteiger partial charge in [0.25, 0.3) is 10.2 Å². The Balaban J connectivity index is 4.14. The van der Waals surface area contributed by atoms with Crippen LogP contribution >= 0.6 is 0 Å². The highest BCUT2D eigenvalue weighted by atomic mass is 32.2. The number of rotatable bonds is 11. The summed E-state index contributed by atoms with van der Waals surface area (Å²) in [5.74, 6) is 0.535. The van der Waals surface area contributed by atoms with Crippen LogP contribution in [0, 0.1) is 5.92 Å². The van der Waals surface area contributed by atoms with Gasteiger partial charge in [-0.25, -0.2) is 0 Å². The fourth-order valence-electron chi connectivity index (χ4n) is 1.98. The average Bonchev–Trinajstić information content (AvgIpc) is 2.32. The Morgan fingerprint density at radius 1 is 1.15 bits per heavy atom. The molecule has 0 aliphatic rings. The highest BCUT2D eigenvalue weighted by Crippen LogP contribution is 2.10. The molecule has 0 aromatic heterocycles. The van der Waals surface area contributed by atoms with Gasteiger partial charge in [-0.3, -0.25) is 0 Å². The molecule has 0 fully saturated rings. The Hall–Kier alpha value is -0.170. The Labute approximate surface area is 125 Å². The topological polar surface area (TPSA) is 61.4 Å². The van der Waals surface area contributed by atoms with E-state index in [4.69, 9.17) is 0 Å². The predicted octanol–water partition coefficient (Wildman–Crippen LogP) is 1.97. The molecule has 0 heterocycles. The van der Waals surface area contributed by atoms with E-state index in [-0.39, 0.29) is 6.04 Å². The molecule has 5 nitrogen and oxygen atoms in total. The number of nitrogens with one attached hydrogen (secondary N) is 2. The van der Waals surface area contributed by atoms with E-state index in [1.807, 2.05) is 6.92 Å². The molecule has 20 heavy (non-hydrogen) atoms. The normalized spacial score (nSPS) is 15.8. The van der Waals surface area contributed by atoms with Crippen molar-refractivity contribution in [2.45, 2.75) is 66.0 Å². The van der Waals surface area contributed by atoms with Crippen molar-refractivity contribution in [2.75, 3.05) is 20.1 Å². The van der Waals surface area contributed by atoms with Gasteiger partial charge >= 0.3 is 0 Å². The van der Waals surface area contributed by atoms with E-state index in [1.54, 1.807) is 7.05 Å². The second-order valence-corrected chi connectivity index (χ2v) is 7.87. The molecule has 0 bridgehead atoms. The summed E-state index contributed by atoms with van der Waals surface area (Å²) in [5, 5.41) is 3.28. The molecule has 0 rings (SSSR count). The van der Waals surface area contributed by atoms with Crippen LogP contribution in [-0.2, 0) is 10.2 Å². The lowest BCUT2D eigenvalue weighted by Crippen LogP contribution is -2.43. The summed E-state index contributed by atoms with van der Waals surface area (Å²) >= 11 is 0. The zero-order valence-corrected chi connectivity index (χ0v) is 14.8. The van der Waals surface area contributed by atoms with Crippen LogP contribution in [0.1, 0.15) is 53.9 Å². The molecule has 6 heteroatoms. The van der Waals surface area contributed by atoms with Crippen molar-refractivity contribution >= 4 is 10.2 Å². The summed E-state index contributed by atoms with van der Waals surface area (Å²) in [6, 6.07) is 0.414. The van der Waals surface area contributed by atoms with E-state index in [1.165, 1.54) is 4.31 Å². The smallest absolute Gasteiger partial charge is 0.279 e. The summed E-state index contributed by atoms with van der Waals surface area (Å²) < 4.78 is 28.4. The number of hydrogen-bond donors (Lipinski definition) is 2. The van der Waals surface area contributed by atoms with Crippen molar-refractivity contribution in [3.05, 3.63) is 0 Å². The molecule has 0 aliphatic heterocycles. The van der Waals surface area contributed by atoms with Gasteiger partial charge in [-0.15, -0.1) is 0 Å². The lowest BCUT2D eigenvalue weighted by molar-refractivity contribution is 0.410. The second-order valence-electron chi connectivity index (χ2n) is 6.06. The summed E-state index contributed by atoms with van der Waals surface area (Å²) in [6.07, 6.45) is 2.76. The molecular weight excluding hydrogens is 274 g/mol. The van der Waals surface area contributed by atoms with Gasteiger partial charge in [0.05, 0.1) is 0 Å². The Bertz CT molecular complexity index is 344. The minimum Gasteiger partial charge on any atom is -0.314 e. The molecule has 0 aromatic carbocycles. The molecule has 122 valence electrons. The number of nitrogens with zero attached hydrogens (tertiary/aromatic N) is 1. The maximum absolute atomic E-state index is 12.1. The van der Waals surface area contributed by atoms with E-state index in [0.717, 1.165) is 25.8 Å². The van der Waals surface area contributed by atoms with E-state index in [0.29, 0.717) is 18.5 Å². The van der Waals surface area contributed by atoms with Crippen molar-refractivity contribution < 1.29 is 8.42 Å². The highest BCUT2D eigenvalue weighted by molar-refractivity contribution is 7.87. The van der Waals surface area contributed by atoms with Crippen LogP contribution in [0.2, 0.25) is 0 Å². The van der Waals surface area contributed by atoms with Crippen molar-refractivity contribution in [1.82, 2.24) is 14.3 Å². The van der Waals surface area contributed by atoms with Gasteiger partial charge in [0.1, 0.15) is 0 Å². The van der Waals surface area contributed by atoms with Crippen molar-refractivity contribution in [3.8, 4) is 0 Å². The third-order valence-corrected chi connectivity index (χ3v) is 5.12. The molecule has 2 N–H and O–H groups in total. The molecule has 0 saturated carbocycles. The predicted molar refractivity (Wildman–Crippen MR) is 86.0 cm³/mol. The molecule has 0 amide bonds. The summed E-state index contributed by atoms with van der Waals surface area (Å²) in [7, 11) is -1.73. The summed E-state index contributed by atoms with van der Waals surface area (Å²) in [6.45, 7) is 11.7. The zero-order valence-electron chi connectivity index (χ0n) is 13.9. The first kappa shape index (κ1) is 19.8. The molecule has 0 aromatic rings. The molecular formula is C14H33N3O2S. The quantitative estimate of drug-likeness (QED) is 0.574. The first-order valence-electron chi connectivity index (χ1n) is 7.66. The monoisotopic (exact) mass is 307 g/mol. The van der Waals surface area contributed by atoms with Crippen LogP contribution in [-0.4, -0.2) is 44.9 Å². The van der Waals surface area contributed by atoms with Gasteiger partial charge in [0, 0.05) is 25.7 Å². The zero-order chi connectivity index (χ0) is 15.8. The van der Waals surface area contributed by atoms with Gasteiger partial charge < -0.3 is 5.32 Å². The van der Waals surface area contributed by atoms with Crippen LogP contribution in [0.15, 0.2) is 0 Å². The van der Waals surface area contributed by atoms with Crippen LogP contribution in [0.3, 0.4) is 0 Å². The van der Waals surface area contributed by atoms with E-state index >= 15 is 0 Å². The fourth-order valence-corrected chi connectivity index (χ4v) is 3.13. The molecule has 0 aliphatic carbocycles. The van der Waals surface area contributed by atoms with Crippen LogP contribution in [0.25, 0.3) is 0 Å². The first-order valence-corrected chi connectivity index (χ1v) is 9.10. The lowest BCUT2D eigenvalue weighted by atomic mass is 10.0. The Morgan fingerprint density at radius 3 is 2.25 bits per heavy atom.